The van der Waals surface area contributed by atoms with Crippen molar-refractivity contribution in [2.24, 2.45) is 7.05 Å². The average molecular weight is 231 g/mol. The first-order chi connectivity index (χ1) is 8.16. The molecule has 2 aromatic rings. The topological polar surface area (TPSA) is 72.7 Å². The molecule has 1 amide bonds. The number of benzene rings is 1. The maximum atomic E-state index is 11.8. The molecule has 88 valence electrons. The lowest BCUT2D eigenvalue weighted by Gasteiger charge is -2.04. The third kappa shape index (κ3) is 2.66. The molecule has 1 heterocycles. The van der Waals surface area contributed by atoms with Crippen molar-refractivity contribution < 1.29 is 4.79 Å². The molecular formula is C11H13N5O. The van der Waals surface area contributed by atoms with E-state index in [-0.39, 0.29) is 5.91 Å². The molecule has 1 aromatic carbocycles. The molecule has 2 rings (SSSR count). The zero-order valence-electron chi connectivity index (χ0n) is 9.71. The van der Waals surface area contributed by atoms with E-state index in [9.17, 15) is 4.79 Å². The number of nitrogens with one attached hydrogen (secondary N) is 1. The van der Waals surface area contributed by atoms with Crippen molar-refractivity contribution in [1.29, 1.82) is 0 Å². The molecule has 0 aliphatic carbocycles. The highest BCUT2D eigenvalue weighted by molar-refractivity contribution is 5.94. The molecule has 0 saturated heterocycles. The summed E-state index contributed by atoms with van der Waals surface area (Å²) in [7, 11) is 1.73. The van der Waals surface area contributed by atoms with Gasteiger partial charge in [0.25, 0.3) is 5.91 Å². The van der Waals surface area contributed by atoms with Crippen LogP contribution in [-0.4, -0.2) is 26.1 Å². The van der Waals surface area contributed by atoms with Gasteiger partial charge >= 0.3 is 0 Å². The molecule has 0 unspecified atom stereocenters. The molecule has 0 saturated carbocycles. The van der Waals surface area contributed by atoms with Crippen LogP contribution in [0.5, 0.6) is 0 Å². The maximum Gasteiger partial charge on any atom is 0.251 e. The highest BCUT2D eigenvalue weighted by Crippen LogP contribution is 2.03. The Kier molecular flexibility index (Phi) is 3.13. The van der Waals surface area contributed by atoms with Gasteiger partial charge in [0.2, 0.25) is 0 Å². The first-order valence-electron chi connectivity index (χ1n) is 5.23. The normalized spacial score (nSPS) is 10.2. The van der Waals surface area contributed by atoms with Crippen LogP contribution in [0, 0.1) is 6.92 Å². The van der Waals surface area contributed by atoms with E-state index >= 15 is 0 Å². The summed E-state index contributed by atoms with van der Waals surface area (Å²) in [6.45, 7) is 2.26. The van der Waals surface area contributed by atoms with Crippen LogP contribution in [0.15, 0.2) is 24.3 Å². The Morgan fingerprint density at radius 2 is 2.29 bits per heavy atom. The Hall–Kier alpha value is -2.24. The summed E-state index contributed by atoms with van der Waals surface area (Å²) in [5.41, 5.74) is 1.69. The van der Waals surface area contributed by atoms with E-state index in [4.69, 9.17) is 0 Å². The second kappa shape index (κ2) is 4.73. The monoisotopic (exact) mass is 231 g/mol. The molecule has 6 heteroatoms. The molecule has 6 nitrogen and oxygen atoms in total. The van der Waals surface area contributed by atoms with E-state index < -0.39 is 0 Å². The quantitative estimate of drug-likeness (QED) is 0.832. The van der Waals surface area contributed by atoms with E-state index in [1.165, 1.54) is 4.68 Å². The number of nitrogens with zero attached hydrogens (tertiary/aromatic N) is 4. The van der Waals surface area contributed by atoms with Crippen molar-refractivity contribution in [2.75, 3.05) is 0 Å². The summed E-state index contributed by atoms with van der Waals surface area (Å²) >= 11 is 0. The van der Waals surface area contributed by atoms with Gasteiger partial charge in [0.05, 0.1) is 6.54 Å². The minimum absolute atomic E-state index is 0.128. The largest absolute Gasteiger partial charge is 0.345 e. The van der Waals surface area contributed by atoms with Crippen molar-refractivity contribution in [3.8, 4) is 0 Å². The predicted molar refractivity (Wildman–Crippen MR) is 61.1 cm³/mol. The fourth-order valence-electron chi connectivity index (χ4n) is 1.45. The molecule has 1 N–H and O–H groups in total. The number of carbonyl (C=O) groups is 1. The molecule has 0 bridgehead atoms. The molecule has 0 spiro atoms. The summed E-state index contributed by atoms with van der Waals surface area (Å²) in [4.78, 5) is 11.8. The number of aromatic nitrogens is 4. The zero-order valence-corrected chi connectivity index (χ0v) is 9.71. The van der Waals surface area contributed by atoms with Crippen LogP contribution in [0.25, 0.3) is 0 Å². The van der Waals surface area contributed by atoms with Gasteiger partial charge in [-0.3, -0.25) is 4.79 Å². The fourth-order valence-corrected chi connectivity index (χ4v) is 1.45. The highest BCUT2D eigenvalue weighted by atomic mass is 16.1. The van der Waals surface area contributed by atoms with Crippen molar-refractivity contribution in [3.63, 3.8) is 0 Å². The number of carbonyl (C=O) groups excluding carboxylic acids is 1. The predicted octanol–water partition coefficient (Wildman–Crippen LogP) is 0.449. The summed E-state index contributed by atoms with van der Waals surface area (Å²) < 4.78 is 1.52. The number of aryl methyl sites for hydroxylation is 2. The molecule has 0 aliphatic heterocycles. The summed E-state index contributed by atoms with van der Waals surface area (Å²) in [6.07, 6.45) is 0. The Bertz CT molecular complexity index is 534. The zero-order chi connectivity index (χ0) is 12.3. The second-order valence-electron chi connectivity index (χ2n) is 3.77. The van der Waals surface area contributed by atoms with Crippen LogP contribution in [0.1, 0.15) is 21.7 Å². The molecule has 0 atom stereocenters. The van der Waals surface area contributed by atoms with E-state index in [1.807, 2.05) is 25.1 Å². The van der Waals surface area contributed by atoms with Gasteiger partial charge in [-0.05, 0) is 29.5 Å². The van der Waals surface area contributed by atoms with Gasteiger partial charge < -0.3 is 5.32 Å². The molecule has 1 aromatic heterocycles. The molecule has 0 fully saturated rings. The first-order valence-corrected chi connectivity index (χ1v) is 5.23. The van der Waals surface area contributed by atoms with Gasteiger partial charge in [0.1, 0.15) is 0 Å². The van der Waals surface area contributed by atoms with Crippen molar-refractivity contribution in [3.05, 3.63) is 41.2 Å². The lowest BCUT2D eigenvalue weighted by molar-refractivity contribution is 0.0949. The van der Waals surface area contributed by atoms with E-state index in [0.29, 0.717) is 17.9 Å². The SMILES string of the molecule is Cc1cccc(C(=O)NCc2nnnn2C)c1. The van der Waals surface area contributed by atoms with Crippen LogP contribution in [-0.2, 0) is 13.6 Å². The fraction of sp³-hybridized carbons (Fsp3) is 0.273. The van der Waals surface area contributed by atoms with Gasteiger partial charge in [0.15, 0.2) is 5.82 Å². The van der Waals surface area contributed by atoms with Crippen molar-refractivity contribution in [2.45, 2.75) is 13.5 Å². The molecule has 0 aliphatic rings. The van der Waals surface area contributed by atoms with Gasteiger partial charge in [-0.15, -0.1) is 5.10 Å². The third-order valence-corrected chi connectivity index (χ3v) is 2.40. The number of hydrogen-bond acceptors (Lipinski definition) is 4. The van der Waals surface area contributed by atoms with Crippen LogP contribution in [0.4, 0.5) is 0 Å². The lowest BCUT2D eigenvalue weighted by atomic mass is 10.1. The Balaban J connectivity index is 2.01. The summed E-state index contributed by atoms with van der Waals surface area (Å²) in [6, 6.07) is 7.42. The first kappa shape index (κ1) is 11.3. The lowest BCUT2D eigenvalue weighted by Crippen LogP contribution is -2.24. The molecule has 17 heavy (non-hydrogen) atoms. The number of amides is 1. The Morgan fingerprint density at radius 1 is 1.47 bits per heavy atom. The van der Waals surface area contributed by atoms with Crippen LogP contribution in [0.2, 0.25) is 0 Å². The minimum Gasteiger partial charge on any atom is -0.345 e. The van der Waals surface area contributed by atoms with Gasteiger partial charge in [0, 0.05) is 12.6 Å². The molecular weight excluding hydrogens is 218 g/mol. The number of tetrazole rings is 1. The maximum absolute atomic E-state index is 11.8. The minimum atomic E-state index is -0.128. The van der Waals surface area contributed by atoms with Gasteiger partial charge in [-0.25, -0.2) is 4.68 Å². The van der Waals surface area contributed by atoms with Crippen LogP contribution >= 0.6 is 0 Å². The van der Waals surface area contributed by atoms with Crippen molar-refractivity contribution >= 4 is 5.91 Å². The van der Waals surface area contributed by atoms with Gasteiger partial charge in [-0.2, -0.15) is 0 Å². The van der Waals surface area contributed by atoms with E-state index in [2.05, 4.69) is 20.8 Å². The smallest absolute Gasteiger partial charge is 0.251 e. The Morgan fingerprint density at radius 3 is 2.94 bits per heavy atom. The van der Waals surface area contributed by atoms with Crippen LogP contribution < -0.4 is 5.32 Å². The van der Waals surface area contributed by atoms with Crippen LogP contribution in [0.3, 0.4) is 0 Å². The molecule has 0 radical (unpaired) electrons. The number of hydrogen-bond donors (Lipinski definition) is 1. The highest BCUT2D eigenvalue weighted by Gasteiger charge is 2.07. The van der Waals surface area contributed by atoms with Gasteiger partial charge in [-0.1, -0.05) is 17.7 Å². The Labute approximate surface area is 98.6 Å². The van der Waals surface area contributed by atoms with E-state index in [0.717, 1.165) is 5.56 Å². The summed E-state index contributed by atoms with van der Waals surface area (Å²) in [5, 5.41) is 13.7. The second-order valence-corrected chi connectivity index (χ2v) is 3.77. The number of rotatable bonds is 3. The van der Waals surface area contributed by atoms with Crippen molar-refractivity contribution in [1.82, 2.24) is 25.5 Å². The van der Waals surface area contributed by atoms with E-state index in [1.54, 1.807) is 13.1 Å². The summed E-state index contributed by atoms with van der Waals surface area (Å²) in [5.74, 6) is 0.489. The average Bonchev–Trinajstić information content (AvgIpc) is 2.72. The third-order valence-electron chi connectivity index (χ3n) is 2.40. The standard InChI is InChI=1S/C11H13N5O/c1-8-4-3-5-9(6-8)11(17)12-7-10-13-14-15-16(10)2/h3-6H,7H2,1-2H3,(H,12,17).